The third-order valence-electron chi connectivity index (χ3n) is 3.90. The monoisotopic (exact) mass is 314 g/mol. The highest BCUT2D eigenvalue weighted by atomic mass is 19.1. The van der Waals surface area contributed by atoms with Gasteiger partial charge in [-0.05, 0) is 31.2 Å². The van der Waals surface area contributed by atoms with Crippen LogP contribution in [-0.2, 0) is 6.54 Å². The van der Waals surface area contributed by atoms with Gasteiger partial charge in [-0.1, -0.05) is 30.3 Å². The van der Waals surface area contributed by atoms with Crippen molar-refractivity contribution in [2.45, 2.75) is 19.0 Å². The molecule has 0 aliphatic rings. The maximum Gasteiger partial charge on any atom is 0.209 e. The van der Waals surface area contributed by atoms with E-state index in [1.165, 1.54) is 12.1 Å². The summed E-state index contributed by atoms with van der Waals surface area (Å²) in [5, 5.41) is 9.35. The van der Waals surface area contributed by atoms with Crippen LogP contribution in [0.5, 0.6) is 0 Å². The molecule has 0 radical (unpaired) electrons. The Morgan fingerprint density at radius 3 is 2.74 bits per heavy atom. The quantitative estimate of drug-likeness (QED) is 0.756. The summed E-state index contributed by atoms with van der Waals surface area (Å²) < 4.78 is 18.9. The van der Waals surface area contributed by atoms with Crippen molar-refractivity contribution < 1.29 is 13.9 Å². The van der Waals surface area contributed by atoms with E-state index >= 15 is 0 Å². The zero-order chi connectivity index (χ0) is 16.2. The third kappa shape index (κ3) is 3.57. The number of halogens is 1. The lowest BCUT2D eigenvalue weighted by Gasteiger charge is -2.26. The largest absolute Gasteiger partial charge is 0.439 e. The second-order valence-corrected chi connectivity index (χ2v) is 5.57. The molecule has 2 aromatic carbocycles. The molecule has 120 valence electrons. The van der Waals surface area contributed by atoms with Gasteiger partial charge in [0.1, 0.15) is 11.3 Å². The zero-order valence-corrected chi connectivity index (χ0v) is 12.9. The molecule has 1 atom stereocenters. The number of hydrogen-bond donors (Lipinski definition) is 1. The van der Waals surface area contributed by atoms with Gasteiger partial charge in [0.15, 0.2) is 5.58 Å². The molecule has 0 aliphatic heterocycles. The summed E-state index contributed by atoms with van der Waals surface area (Å²) in [7, 11) is 1.96. The Labute approximate surface area is 134 Å². The minimum atomic E-state index is -0.326. The van der Waals surface area contributed by atoms with Crippen LogP contribution in [-0.4, -0.2) is 28.6 Å². The third-order valence-corrected chi connectivity index (χ3v) is 3.90. The molecule has 3 rings (SSSR count). The first kappa shape index (κ1) is 15.6. The normalized spacial score (nSPS) is 12.9. The van der Waals surface area contributed by atoms with Crippen LogP contribution in [0, 0.1) is 5.82 Å². The summed E-state index contributed by atoms with van der Waals surface area (Å²) in [4.78, 5) is 6.41. The first-order valence-electron chi connectivity index (χ1n) is 7.58. The number of aromatic nitrogens is 1. The zero-order valence-electron chi connectivity index (χ0n) is 12.9. The van der Waals surface area contributed by atoms with Crippen molar-refractivity contribution in [2.75, 3.05) is 13.7 Å². The van der Waals surface area contributed by atoms with Crippen LogP contribution >= 0.6 is 0 Å². The van der Waals surface area contributed by atoms with Crippen molar-refractivity contribution >= 4 is 11.1 Å². The Bertz CT molecular complexity index is 773. The Balaban J connectivity index is 1.81. The number of aliphatic hydroxyl groups excluding tert-OH is 1. The number of aliphatic hydroxyl groups is 1. The molecule has 23 heavy (non-hydrogen) atoms. The van der Waals surface area contributed by atoms with Crippen LogP contribution in [0.3, 0.4) is 0 Å². The first-order chi connectivity index (χ1) is 11.2. The van der Waals surface area contributed by atoms with E-state index in [1.807, 2.05) is 37.4 Å². The SMILES string of the molecule is CN(Cc1nc2cc(F)ccc2o1)C(CCO)c1ccccc1. The summed E-state index contributed by atoms with van der Waals surface area (Å²) in [5.41, 5.74) is 2.23. The average molecular weight is 314 g/mol. The van der Waals surface area contributed by atoms with E-state index in [0.717, 1.165) is 5.56 Å². The van der Waals surface area contributed by atoms with E-state index in [1.54, 1.807) is 6.07 Å². The Morgan fingerprint density at radius 2 is 2.00 bits per heavy atom. The van der Waals surface area contributed by atoms with Gasteiger partial charge in [-0.3, -0.25) is 4.90 Å². The topological polar surface area (TPSA) is 49.5 Å². The van der Waals surface area contributed by atoms with E-state index < -0.39 is 0 Å². The van der Waals surface area contributed by atoms with Crippen molar-refractivity contribution in [2.24, 2.45) is 0 Å². The Hall–Kier alpha value is -2.24. The van der Waals surface area contributed by atoms with Gasteiger partial charge in [0.2, 0.25) is 5.89 Å². The van der Waals surface area contributed by atoms with Crippen molar-refractivity contribution in [3.8, 4) is 0 Å². The van der Waals surface area contributed by atoms with E-state index in [9.17, 15) is 9.50 Å². The van der Waals surface area contributed by atoms with Gasteiger partial charge >= 0.3 is 0 Å². The predicted octanol–water partition coefficient (Wildman–Crippen LogP) is 3.52. The van der Waals surface area contributed by atoms with Crippen molar-refractivity contribution in [1.82, 2.24) is 9.88 Å². The molecule has 0 bridgehead atoms. The van der Waals surface area contributed by atoms with Gasteiger partial charge in [-0.15, -0.1) is 0 Å². The Kier molecular flexibility index (Phi) is 4.69. The summed E-state index contributed by atoms with van der Waals surface area (Å²) in [6.45, 7) is 0.582. The van der Waals surface area contributed by atoms with Crippen LogP contribution in [0.1, 0.15) is 23.9 Å². The maximum atomic E-state index is 13.2. The van der Waals surface area contributed by atoms with Crippen LogP contribution in [0.15, 0.2) is 52.9 Å². The van der Waals surface area contributed by atoms with E-state index in [-0.39, 0.29) is 18.5 Å². The first-order valence-corrected chi connectivity index (χ1v) is 7.58. The minimum absolute atomic E-state index is 0.0629. The van der Waals surface area contributed by atoms with Crippen molar-refractivity contribution in [1.29, 1.82) is 0 Å². The smallest absolute Gasteiger partial charge is 0.209 e. The molecule has 0 aliphatic carbocycles. The molecular formula is C18H19FN2O2. The number of hydrogen-bond acceptors (Lipinski definition) is 4. The molecule has 0 amide bonds. The highest BCUT2D eigenvalue weighted by molar-refractivity contribution is 5.72. The standard InChI is InChI=1S/C18H19FN2O2/c1-21(16(9-10-22)13-5-3-2-4-6-13)12-18-20-15-11-14(19)7-8-17(15)23-18/h2-8,11,16,22H,9-10,12H2,1H3. The van der Waals surface area contributed by atoms with Gasteiger partial charge in [-0.25, -0.2) is 9.37 Å². The fraction of sp³-hybridized carbons (Fsp3) is 0.278. The van der Waals surface area contributed by atoms with Gasteiger partial charge in [-0.2, -0.15) is 0 Å². The lowest BCUT2D eigenvalue weighted by molar-refractivity contribution is 0.169. The molecule has 5 heteroatoms. The molecular weight excluding hydrogens is 295 g/mol. The fourth-order valence-corrected chi connectivity index (χ4v) is 2.78. The maximum absolute atomic E-state index is 13.2. The van der Waals surface area contributed by atoms with E-state index in [0.29, 0.717) is 30.0 Å². The van der Waals surface area contributed by atoms with Gasteiger partial charge in [0.25, 0.3) is 0 Å². The van der Waals surface area contributed by atoms with Crippen molar-refractivity contribution in [3.63, 3.8) is 0 Å². The molecule has 3 aromatic rings. The molecule has 1 heterocycles. The fourth-order valence-electron chi connectivity index (χ4n) is 2.78. The average Bonchev–Trinajstić information content (AvgIpc) is 2.94. The number of nitrogens with zero attached hydrogens (tertiary/aromatic N) is 2. The summed E-state index contributed by atoms with van der Waals surface area (Å²) >= 11 is 0. The second kappa shape index (κ2) is 6.89. The highest BCUT2D eigenvalue weighted by Gasteiger charge is 2.19. The predicted molar refractivity (Wildman–Crippen MR) is 86.3 cm³/mol. The lowest BCUT2D eigenvalue weighted by atomic mass is 10.0. The van der Waals surface area contributed by atoms with Crippen LogP contribution in [0.2, 0.25) is 0 Å². The van der Waals surface area contributed by atoms with Crippen LogP contribution in [0.4, 0.5) is 4.39 Å². The molecule has 1 unspecified atom stereocenters. The van der Waals surface area contributed by atoms with E-state index in [2.05, 4.69) is 9.88 Å². The minimum Gasteiger partial charge on any atom is -0.439 e. The van der Waals surface area contributed by atoms with E-state index in [4.69, 9.17) is 4.42 Å². The number of fused-ring (bicyclic) bond motifs is 1. The molecule has 1 aromatic heterocycles. The molecule has 0 spiro atoms. The molecule has 4 nitrogen and oxygen atoms in total. The number of oxazole rings is 1. The summed E-state index contributed by atoms with van der Waals surface area (Å²) in [6, 6.07) is 14.4. The molecule has 0 saturated heterocycles. The van der Waals surface area contributed by atoms with Gasteiger partial charge < -0.3 is 9.52 Å². The number of rotatable bonds is 6. The lowest BCUT2D eigenvalue weighted by Crippen LogP contribution is -2.25. The Morgan fingerprint density at radius 1 is 1.22 bits per heavy atom. The molecule has 0 fully saturated rings. The molecule has 1 N–H and O–H groups in total. The summed E-state index contributed by atoms with van der Waals surface area (Å²) in [6.07, 6.45) is 0.620. The number of benzene rings is 2. The van der Waals surface area contributed by atoms with Gasteiger partial charge in [0.05, 0.1) is 6.54 Å². The van der Waals surface area contributed by atoms with Crippen LogP contribution in [0.25, 0.3) is 11.1 Å². The summed E-state index contributed by atoms with van der Waals surface area (Å²) in [5.74, 6) is 0.208. The molecule has 0 saturated carbocycles. The highest BCUT2D eigenvalue weighted by Crippen LogP contribution is 2.25. The van der Waals surface area contributed by atoms with Crippen molar-refractivity contribution in [3.05, 3.63) is 65.8 Å². The van der Waals surface area contributed by atoms with Crippen LogP contribution < -0.4 is 0 Å². The van der Waals surface area contributed by atoms with Gasteiger partial charge in [0, 0.05) is 18.7 Å². The second-order valence-electron chi connectivity index (χ2n) is 5.57.